The predicted octanol–water partition coefficient (Wildman–Crippen LogP) is 1.98. The average molecular weight is 292 g/mol. The minimum atomic E-state index is -1.08. The smallest absolute Gasteiger partial charge is 0.335 e. The Kier molecular flexibility index (Phi) is 6.03. The van der Waals surface area contributed by atoms with Crippen LogP contribution in [-0.2, 0) is 6.61 Å². The number of aromatic carboxylic acids is 1. The number of aromatic hydroxyl groups is 2. The summed E-state index contributed by atoms with van der Waals surface area (Å²) in [5, 5.41) is 35.3. The van der Waals surface area contributed by atoms with Crippen LogP contribution in [0.15, 0.2) is 42.5 Å². The number of aliphatic hydroxyl groups excluding tert-OH is 1. The third-order valence-electron chi connectivity index (χ3n) is 2.58. The summed E-state index contributed by atoms with van der Waals surface area (Å²) >= 11 is 0. The first-order valence-corrected chi connectivity index (χ1v) is 5.97. The third kappa shape index (κ3) is 4.70. The van der Waals surface area contributed by atoms with E-state index in [0.717, 1.165) is 0 Å². The Morgan fingerprint density at radius 2 is 1.76 bits per heavy atom. The molecule has 21 heavy (non-hydrogen) atoms. The van der Waals surface area contributed by atoms with E-state index in [9.17, 15) is 4.79 Å². The van der Waals surface area contributed by atoms with Crippen LogP contribution >= 0.6 is 0 Å². The van der Waals surface area contributed by atoms with Gasteiger partial charge in [0.25, 0.3) is 0 Å². The number of carboxylic acids is 1. The normalized spacial score (nSPS) is 9.43. The van der Waals surface area contributed by atoms with Crippen molar-refractivity contribution in [3.8, 4) is 17.2 Å². The van der Waals surface area contributed by atoms with E-state index < -0.39 is 5.97 Å². The van der Waals surface area contributed by atoms with Crippen LogP contribution in [0.3, 0.4) is 0 Å². The average Bonchev–Trinajstić information content (AvgIpc) is 2.48. The maximum atomic E-state index is 10.4. The number of phenolic OH excluding ortho intramolecular Hbond substituents is 1. The van der Waals surface area contributed by atoms with Crippen molar-refractivity contribution in [3.05, 3.63) is 53.6 Å². The summed E-state index contributed by atoms with van der Waals surface area (Å²) in [5.74, 6) is -0.482. The summed E-state index contributed by atoms with van der Waals surface area (Å²) in [6.07, 6.45) is 0. The number of methoxy groups -OCH3 is 1. The number of phenols is 2. The van der Waals surface area contributed by atoms with Gasteiger partial charge in [-0.05, 0) is 30.3 Å². The number of para-hydroxylation sites is 2. The Bertz CT molecular complexity index is 609. The molecule has 2 aromatic carbocycles. The molecule has 0 aromatic heterocycles. The third-order valence-corrected chi connectivity index (χ3v) is 2.58. The van der Waals surface area contributed by atoms with Gasteiger partial charge in [-0.15, -0.1) is 0 Å². The van der Waals surface area contributed by atoms with Crippen molar-refractivity contribution < 1.29 is 30.0 Å². The van der Waals surface area contributed by atoms with Gasteiger partial charge in [0, 0.05) is 5.56 Å². The first-order chi connectivity index (χ1) is 9.99. The molecule has 0 aliphatic carbocycles. The highest BCUT2D eigenvalue weighted by Gasteiger charge is 2.06. The Morgan fingerprint density at radius 3 is 2.24 bits per heavy atom. The van der Waals surface area contributed by atoms with Gasteiger partial charge in [0.15, 0.2) is 11.5 Å². The van der Waals surface area contributed by atoms with Gasteiger partial charge in [0.2, 0.25) is 0 Å². The molecule has 0 aliphatic rings. The minimum absolute atomic E-state index is 0.0526. The number of hydrogen-bond donors (Lipinski definition) is 4. The van der Waals surface area contributed by atoms with Crippen LogP contribution < -0.4 is 4.74 Å². The van der Waals surface area contributed by atoms with E-state index >= 15 is 0 Å². The van der Waals surface area contributed by atoms with Gasteiger partial charge in [-0.1, -0.05) is 12.1 Å². The lowest BCUT2D eigenvalue weighted by Gasteiger charge is -2.01. The highest BCUT2D eigenvalue weighted by Crippen LogP contribution is 2.23. The number of ether oxygens (including phenoxy) is 1. The fourth-order valence-electron chi connectivity index (χ4n) is 1.47. The van der Waals surface area contributed by atoms with E-state index in [-0.39, 0.29) is 29.2 Å². The summed E-state index contributed by atoms with van der Waals surface area (Å²) in [7, 11) is 1.52. The molecule has 0 heterocycles. The fourth-order valence-corrected chi connectivity index (χ4v) is 1.47. The summed E-state index contributed by atoms with van der Waals surface area (Å²) in [5.41, 5.74) is 0.270. The highest BCUT2D eigenvalue weighted by molar-refractivity contribution is 5.88. The van der Waals surface area contributed by atoms with Crippen molar-refractivity contribution >= 4 is 5.97 Å². The molecule has 2 aromatic rings. The lowest BCUT2D eigenvalue weighted by Crippen LogP contribution is -1.97. The van der Waals surface area contributed by atoms with E-state index in [1.165, 1.54) is 25.3 Å². The molecule has 4 N–H and O–H groups in total. The number of hydrogen-bond acceptors (Lipinski definition) is 5. The van der Waals surface area contributed by atoms with Crippen LogP contribution in [0.25, 0.3) is 0 Å². The van der Waals surface area contributed by atoms with Crippen molar-refractivity contribution in [2.45, 2.75) is 6.61 Å². The van der Waals surface area contributed by atoms with Gasteiger partial charge in [-0.3, -0.25) is 0 Å². The zero-order valence-corrected chi connectivity index (χ0v) is 11.4. The molecule has 0 spiro atoms. The van der Waals surface area contributed by atoms with Crippen LogP contribution in [0.1, 0.15) is 15.9 Å². The largest absolute Gasteiger partial charge is 0.508 e. The van der Waals surface area contributed by atoms with Gasteiger partial charge in [0.1, 0.15) is 5.75 Å². The van der Waals surface area contributed by atoms with Crippen molar-refractivity contribution in [3.63, 3.8) is 0 Å². The standard InChI is InChI=1S/C8H8O4.C7H8O2/c9-4-6-3-5(8(11)12)1-2-7(6)10;1-9-7-5-3-2-4-6(7)8/h1-3,9-10H,4H2,(H,11,12);2-5,8H,1H3. The van der Waals surface area contributed by atoms with E-state index in [4.69, 9.17) is 25.2 Å². The number of benzene rings is 2. The van der Waals surface area contributed by atoms with Gasteiger partial charge in [0.05, 0.1) is 19.3 Å². The zero-order chi connectivity index (χ0) is 15.8. The van der Waals surface area contributed by atoms with E-state index in [1.807, 2.05) is 0 Å². The molecule has 0 aliphatic heterocycles. The Hall–Kier alpha value is -2.73. The number of aliphatic hydroxyl groups is 1. The first kappa shape index (κ1) is 16.3. The molecule has 0 amide bonds. The minimum Gasteiger partial charge on any atom is -0.508 e. The second-order valence-electron chi connectivity index (χ2n) is 3.98. The van der Waals surface area contributed by atoms with E-state index in [1.54, 1.807) is 24.3 Å². The molecular weight excluding hydrogens is 276 g/mol. The van der Waals surface area contributed by atoms with Crippen molar-refractivity contribution in [2.75, 3.05) is 7.11 Å². The van der Waals surface area contributed by atoms with Crippen molar-refractivity contribution in [1.29, 1.82) is 0 Å². The molecule has 112 valence electrons. The summed E-state index contributed by atoms with van der Waals surface area (Å²) < 4.78 is 4.79. The highest BCUT2D eigenvalue weighted by atomic mass is 16.5. The quantitative estimate of drug-likeness (QED) is 0.689. The molecule has 6 heteroatoms. The molecule has 0 unspecified atom stereocenters. The molecule has 0 bridgehead atoms. The van der Waals surface area contributed by atoms with Crippen LogP contribution in [0.5, 0.6) is 17.2 Å². The van der Waals surface area contributed by atoms with Crippen LogP contribution in [-0.4, -0.2) is 33.5 Å². The topological polar surface area (TPSA) is 107 Å². The lowest BCUT2D eigenvalue weighted by atomic mass is 10.1. The Morgan fingerprint density at radius 1 is 1.10 bits per heavy atom. The zero-order valence-electron chi connectivity index (χ0n) is 11.4. The Labute approximate surface area is 121 Å². The molecule has 0 fully saturated rings. The molecule has 2 rings (SSSR count). The lowest BCUT2D eigenvalue weighted by molar-refractivity contribution is 0.0696. The Balaban J connectivity index is 0.000000219. The second kappa shape index (κ2) is 7.76. The summed E-state index contributed by atoms with van der Waals surface area (Å²) in [6, 6.07) is 10.6. The first-order valence-electron chi connectivity index (χ1n) is 5.97. The number of carboxylic acid groups (broad SMARTS) is 1. The monoisotopic (exact) mass is 292 g/mol. The predicted molar refractivity (Wildman–Crippen MR) is 75.6 cm³/mol. The molecule has 6 nitrogen and oxygen atoms in total. The van der Waals surface area contributed by atoms with Crippen molar-refractivity contribution in [2.24, 2.45) is 0 Å². The molecule has 0 radical (unpaired) electrons. The van der Waals surface area contributed by atoms with E-state index in [0.29, 0.717) is 5.75 Å². The van der Waals surface area contributed by atoms with Crippen LogP contribution in [0.2, 0.25) is 0 Å². The van der Waals surface area contributed by atoms with Crippen molar-refractivity contribution in [1.82, 2.24) is 0 Å². The SMILES string of the molecule is COc1ccccc1O.O=C(O)c1ccc(O)c(CO)c1. The summed E-state index contributed by atoms with van der Waals surface area (Å²) in [4.78, 5) is 10.4. The van der Waals surface area contributed by atoms with Gasteiger partial charge < -0.3 is 25.2 Å². The molecule has 0 saturated carbocycles. The van der Waals surface area contributed by atoms with Gasteiger partial charge in [-0.25, -0.2) is 4.79 Å². The molecular formula is C15H16O6. The summed E-state index contributed by atoms with van der Waals surface area (Å²) in [6.45, 7) is -0.368. The van der Waals surface area contributed by atoms with Crippen LogP contribution in [0.4, 0.5) is 0 Å². The van der Waals surface area contributed by atoms with Gasteiger partial charge >= 0.3 is 5.97 Å². The van der Waals surface area contributed by atoms with Crippen LogP contribution in [0, 0.1) is 0 Å². The number of rotatable bonds is 3. The maximum Gasteiger partial charge on any atom is 0.335 e. The second-order valence-corrected chi connectivity index (χ2v) is 3.98. The van der Waals surface area contributed by atoms with Gasteiger partial charge in [-0.2, -0.15) is 0 Å². The fraction of sp³-hybridized carbons (Fsp3) is 0.133. The maximum absolute atomic E-state index is 10.4. The van der Waals surface area contributed by atoms with E-state index in [2.05, 4.69) is 0 Å². The molecule has 0 atom stereocenters. The number of carbonyl (C=O) groups is 1. The molecule has 0 saturated heterocycles.